The maximum atomic E-state index is 11.5. The largest absolute Gasteiger partial charge is 0.705 e. The lowest BCUT2D eigenvalue weighted by atomic mass is 10.1. The van der Waals surface area contributed by atoms with E-state index >= 15 is 0 Å². The zero-order chi connectivity index (χ0) is 24.5. The van der Waals surface area contributed by atoms with Crippen LogP contribution in [-0.2, 0) is 39.0 Å². The summed E-state index contributed by atoms with van der Waals surface area (Å²) in [7, 11) is -3.85. The van der Waals surface area contributed by atoms with Crippen LogP contribution in [0, 0.1) is 0 Å². The number of unbranched alkanes of at least 4 members (excludes halogenated alkanes) is 2. The molecule has 0 bridgehead atoms. The molecule has 1 aliphatic heterocycles. The lowest BCUT2D eigenvalue weighted by Crippen LogP contribution is -2.49. The van der Waals surface area contributed by atoms with Gasteiger partial charge in [0.05, 0.1) is 19.3 Å². The van der Waals surface area contributed by atoms with E-state index in [9.17, 15) is 14.4 Å². The van der Waals surface area contributed by atoms with Gasteiger partial charge in [-0.3, -0.25) is 14.4 Å². The number of rotatable bonds is 12. The third-order valence-electron chi connectivity index (χ3n) is 4.92. The summed E-state index contributed by atoms with van der Waals surface area (Å²) in [6.45, 7) is 8.27. The first-order valence-corrected chi connectivity index (χ1v) is 13.2. The van der Waals surface area contributed by atoms with Gasteiger partial charge in [-0.1, -0.05) is 19.8 Å². The monoisotopic (exact) mass is 482 g/mol. The molecule has 184 valence electrons. The molecule has 0 N–H and O–H groups in total. The third kappa shape index (κ3) is 8.69. The van der Waals surface area contributed by atoms with Crippen LogP contribution in [-0.4, -0.2) is 39.1 Å². The van der Waals surface area contributed by atoms with Crippen LogP contribution in [0.3, 0.4) is 0 Å². The molecule has 1 aromatic carbocycles. The van der Waals surface area contributed by atoms with Crippen molar-refractivity contribution in [1.29, 1.82) is 0 Å². The molecule has 0 radical (unpaired) electrons. The Morgan fingerprint density at radius 3 is 2.21 bits per heavy atom. The van der Waals surface area contributed by atoms with E-state index in [-0.39, 0.29) is 12.7 Å². The highest BCUT2D eigenvalue weighted by molar-refractivity contribution is 6.65. The second-order valence-corrected chi connectivity index (χ2v) is 10.6. The van der Waals surface area contributed by atoms with Crippen LogP contribution < -0.4 is 9.47 Å². The molecular formula is C23H34O9Si. The van der Waals surface area contributed by atoms with Crippen LogP contribution in [0.15, 0.2) is 18.2 Å². The van der Waals surface area contributed by atoms with E-state index < -0.39 is 32.5 Å². The van der Waals surface area contributed by atoms with Crippen molar-refractivity contribution in [1.82, 2.24) is 0 Å². The van der Waals surface area contributed by atoms with Crippen molar-refractivity contribution in [2.24, 2.45) is 0 Å². The van der Waals surface area contributed by atoms with Gasteiger partial charge in [0.2, 0.25) is 5.79 Å². The van der Waals surface area contributed by atoms with E-state index in [2.05, 4.69) is 6.92 Å². The fraction of sp³-hybridized carbons (Fsp3) is 0.609. The summed E-state index contributed by atoms with van der Waals surface area (Å²) in [5, 5.41) is 0. The Hall–Kier alpha value is -2.59. The smallest absolute Gasteiger partial charge is 0.494 e. The zero-order valence-electron chi connectivity index (χ0n) is 20.1. The van der Waals surface area contributed by atoms with Crippen LogP contribution in [0.25, 0.3) is 0 Å². The van der Waals surface area contributed by atoms with Gasteiger partial charge >= 0.3 is 8.80 Å². The molecule has 1 aliphatic rings. The summed E-state index contributed by atoms with van der Waals surface area (Å²) in [6.07, 6.45) is 4.48. The highest BCUT2D eigenvalue weighted by Gasteiger charge is 2.51. The SMILES string of the molecule is CCCCCC1(C)OCc2cc(OCCC[Si](OC(C)=O)(OC(C)=O)OC(C)=O)ccc2O1. The quantitative estimate of drug-likeness (QED) is 0.318. The Balaban J connectivity index is 1.95. The molecule has 0 aromatic heterocycles. The molecule has 0 amide bonds. The molecule has 0 spiro atoms. The summed E-state index contributed by atoms with van der Waals surface area (Å²) < 4.78 is 33.3. The predicted molar refractivity (Wildman–Crippen MR) is 120 cm³/mol. The molecule has 0 fully saturated rings. The van der Waals surface area contributed by atoms with Crippen LogP contribution in [0.2, 0.25) is 6.04 Å². The van der Waals surface area contributed by atoms with Gasteiger partial charge in [0.25, 0.3) is 17.9 Å². The standard InChI is InChI=1S/C23H34O9Si/c1-6-7-8-12-23(5)28-16-20-15-21(10-11-22(20)29-23)27-13-9-14-33(30-17(2)24,31-18(3)25)32-19(4)26/h10-11,15H,6-9,12-14,16H2,1-5H3. The topological polar surface area (TPSA) is 107 Å². The summed E-state index contributed by atoms with van der Waals surface area (Å²) in [6, 6.07) is 5.58. The lowest BCUT2D eigenvalue weighted by Gasteiger charge is -2.36. The molecule has 33 heavy (non-hydrogen) atoms. The van der Waals surface area contributed by atoms with Gasteiger partial charge in [-0.2, -0.15) is 0 Å². The Labute approximate surface area is 196 Å². The first-order chi connectivity index (χ1) is 15.6. The van der Waals surface area contributed by atoms with E-state index in [1.165, 1.54) is 0 Å². The lowest BCUT2D eigenvalue weighted by molar-refractivity contribution is -0.198. The van der Waals surface area contributed by atoms with Crippen molar-refractivity contribution < 1.29 is 41.9 Å². The third-order valence-corrected chi connectivity index (χ3v) is 7.68. The molecule has 1 atom stereocenters. The summed E-state index contributed by atoms with van der Waals surface area (Å²) in [5.41, 5.74) is 0.893. The summed E-state index contributed by atoms with van der Waals surface area (Å²) in [4.78, 5) is 34.5. The van der Waals surface area contributed by atoms with Crippen molar-refractivity contribution in [3.05, 3.63) is 23.8 Å². The van der Waals surface area contributed by atoms with Gasteiger partial charge in [0, 0.05) is 39.7 Å². The number of hydrogen-bond donors (Lipinski definition) is 0. The molecule has 0 aliphatic carbocycles. The van der Waals surface area contributed by atoms with Crippen LogP contribution in [0.5, 0.6) is 11.5 Å². The number of ether oxygens (including phenoxy) is 3. The predicted octanol–water partition coefficient (Wildman–Crippen LogP) is 4.29. The van der Waals surface area contributed by atoms with E-state index in [1.807, 2.05) is 25.1 Å². The van der Waals surface area contributed by atoms with Gasteiger partial charge in [-0.15, -0.1) is 0 Å². The normalized spacial score (nSPS) is 17.4. The number of hydrogen-bond acceptors (Lipinski definition) is 9. The number of carbonyl (C=O) groups excluding carboxylic acids is 3. The summed E-state index contributed by atoms with van der Waals surface area (Å²) >= 11 is 0. The average molecular weight is 483 g/mol. The second-order valence-electron chi connectivity index (χ2n) is 8.17. The highest BCUT2D eigenvalue weighted by atomic mass is 28.4. The van der Waals surface area contributed by atoms with Crippen molar-refractivity contribution in [2.45, 2.75) is 85.2 Å². The van der Waals surface area contributed by atoms with Crippen LogP contribution in [0.4, 0.5) is 0 Å². The molecule has 0 saturated carbocycles. The van der Waals surface area contributed by atoms with Crippen molar-refractivity contribution in [3.63, 3.8) is 0 Å². The summed E-state index contributed by atoms with van der Waals surface area (Å²) in [5.74, 6) is -1.30. The van der Waals surface area contributed by atoms with E-state index in [4.69, 9.17) is 27.5 Å². The van der Waals surface area contributed by atoms with E-state index in [0.29, 0.717) is 18.8 Å². The minimum absolute atomic E-state index is 0.0546. The Morgan fingerprint density at radius 1 is 1.00 bits per heavy atom. The van der Waals surface area contributed by atoms with Crippen LogP contribution >= 0.6 is 0 Å². The second kappa shape index (κ2) is 12.0. The highest BCUT2D eigenvalue weighted by Crippen LogP contribution is 2.36. The van der Waals surface area contributed by atoms with Crippen molar-refractivity contribution in [3.8, 4) is 11.5 Å². The van der Waals surface area contributed by atoms with Gasteiger partial charge in [-0.05, 0) is 31.0 Å². The fourth-order valence-corrected chi connectivity index (χ4v) is 5.84. The number of carbonyl (C=O) groups is 3. The first-order valence-electron chi connectivity index (χ1n) is 11.2. The Morgan fingerprint density at radius 2 is 1.64 bits per heavy atom. The molecule has 1 aromatic rings. The maximum Gasteiger partial charge on any atom is 0.705 e. The number of fused-ring (bicyclic) bond motifs is 1. The molecular weight excluding hydrogens is 448 g/mol. The molecule has 1 heterocycles. The fourth-order valence-electron chi connectivity index (χ4n) is 3.52. The first kappa shape index (κ1) is 26.7. The van der Waals surface area contributed by atoms with E-state index in [0.717, 1.165) is 57.8 Å². The minimum atomic E-state index is -3.85. The van der Waals surface area contributed by atoms with Gasteiger partial charge in [0.1, 0.15) is 11.5 Å². The molecule has 0 saturated heterocycles. The molecule has 9 nitrogen and oxygen atoms in total. The van der Waals surface area contributed by atoms with Gasteiger partial charge in [0.15, 0.2) is 0 Å². The molecule has 1 unspecified atom stereocenters. The van der Waals surface area contributed by atoms with Gasteiger partial charge < -0.3 is 27.5 Å². The van der Waals surface area contributed by atoms with Crippen molar-refractivity contribution >= 4 is 26.7 Å². The molecule has 2 rings (SSSR count). The average Bonchev–Trinajstić information content (AvgIpc) is 2.70. The van der Waals surface area contributed by atoms with Crippen molar-refractivity contribution in [2.75, 3.05) is 6.61 Å². The van der Waals surface area contributed by atoms with Gasteiger partial charge in [-0.25, -0.2) is 0 Å². The minimum Gasteiger partial charge on any atom is -0.494 e. The van der Waals surface area contributed by atoms with E-state index in [1.54, 1.807) is 0 Å². The van der Waals surface area contributed by atoms with Crippen LogP contribution in [0.1, 0.15) is 72.3 Å². The maximum absolute atomic E-state index is 11.5. The zero-order valence-corrected chi connectivity index (χ0v) is 21.1. The Kier molecular flexibility index (Phi) is 9.72. The molecule has 10 heteroatoms. The Bertz CT molecular complexity index is 800. The number of benzene rings is 1.